The van der Waals surface area contributed by atoms with Crippen LogP contribution in [0.5, 0.6) is 11.5 Å². The summed E-state index contributed by atoms with van der Waals surface area (Å²) in [6.45, 7) is 3.61. The SMILES string of the molecule is Fc1cc(OCCN2CCCC2)cc(-c2cccc3[nH]c(-c4n[nH]c5ccc(-c6cncc(OC7CCCCC7)c6)nc45)cc23)c1. The first kappa shape index (κ1) is 28.7. The van der Waals surface area contributed by atoms with Gasteiger partial charge in [-0.05, 0) is 105 Å². The van der Waals surface area contributed by atoms with Gasteiger partial charge in [0.05, 0.1) is 29.2 Å². The number of hydrogen-bond donors (Lipinski definition) is 2. The summed E-state index contributed by atoms with van der Waals surface area (Å²) in [6.07, 6.45) is 12.2. The summed E-state index contributed by atoms with van der Waals surface area (Å²) in [6, 6.07) is 19.0. The first-order chi connectivity index (χ1) is 22.7. The summed E-state index contributed by atoms with van der Waals surface area (Å²) in [5.74, 6) is 0.998. The van der Waals surface area contributed by atoms with Crippen molar-refractivity contribution in [2.75, 3.05) is 26.2 Å². The monoisotopic (exact) mass is 616 g/mol. The van der Waals surface area contributed by atoms with E-state index in [0.717, 1.165) is 88.2 Å². The van der Waals surface area contributed by atoms with E-state index in [9.17, 15) is 4.39 Å². The van der Waals surface area contributed by atoms with Gasteiger partial charge in [-0.2, -0.15) is 5.10 Å². The number of fused-ring (bicyclic) bond motifs is 2. The van der Waals surface area contributed by atoms with E-state index in [1.165, 1.54) is 38.2 Å². The van der Waals surface area contributed by atoms with E-state index in [-0.39, 0.29) is 11.9 Å². The Balaban J connectivity index is 1.08. The van der Waals surface area contributed by atoms with E-state index >= 15 is 0 Å². The second-order valence-corrected chi connectivity index (χ2v) is 12.5. The number of H-pyrrole nitrogens is 2. The van der Waals surface area contributed by atoms with Gasteiger partial charge in [-0.3, -0.25) is 15.0 Å². The molecule has 1 aliphatic carbocycles. The quantitative estimate of drug-likeness (QED) is 0.170. The maximum absolute atomic E-state index is 14.8. The molecule has 6 aromatic rings. The number of benzene rings is 2. The molecular weight excluding hydrogens is 579 g/mol. The van der Waals surface area contributed by atoms with Crippen molar-refractivity contribution in [3.8, 4) is 45.3 Å². The highest BCUT2D eigenvalue weighted by molar-refractivity contribution is 6.00. The number of halogens is 1. The van der Waals surface area contributed by atoms with Crippen molar-refractivity contribution in [1.29, 1.82) is 0 Å². The number of nitrogens with one attached hydrogen (secondary N) is 2. The van der Waals surface area contributed by atoms with Crippen molar-refractivity contribution in [2.24, 2.45) is 0 Å². The smallest absolute Gasteiger partial charge is 0.138 e. The summed E-state index contributed by atoms with van der Waals surface area (Å²) in [5.41, 5.74) is 7.43. The molecule has 0 unspecified atom stereocenters. The molecule has 0 atom stereocenters. The minimum absolute atomic E-state index is 0.250. The number of pyridine rings is 2. The predicted molar refractivity (Wildman–Crippen MR) is 178 cm³/mol. The van der Waals surface area contributed by atoms with Gasteiger partial charge in [-0.15, -0.1) is 0 Å². The molecule has 46 heavy (non-hydrogen) atoms. The zero-order valence-electron chi connectivity index (χ0n) is 25.8. The van der Waals surface area contributed by atoms with Gasteiger partial charge in [0.15, 0.2) is 0 Å². The fourth-order valence-corrected chi connectivity index (χ4v) is 6.88. The summed E-state index contributed by atoms with van der Waals surface area (Å²) in [5, 5.41) is 8.75. The van der Waals surface area contributed by atoms with Crippen LogP contribution in [0.2, 0.25) is 0 Å². The zero-order valence-corrected chi connectivity index (χ0v) is 25.8. The Labute approximate surface area is 267 Å². The van der Waals surface area contributed by atoms with E-state index in [1.54, 1.807) is 12.3 Å². The van der Waals surface area contributed by atoms with E-state index in [4.69, 9.17) is 14.5 Å². The number of aromatic amines is 2. The molecule has 9 heteroatoms. The number of rotatable bonds is 9. The van der Waals surface area contributed by atoms with E-state index < -0.39 is 0 Å². The second-order valence-electron chi connectivity index (χ2n) is 12.5. The van der Waals surface area contributed by atoms with Crippen LogP contribution in [0.1, 0.15) is 44.9 Å². The van der Waals surface area contributed by atoms with Crippen LogP contribution in [-0.2, 0) is 0 Å². The average molecular weight is 617 g/mol. The van der Waals surface area contributed by atoms with Crippen molar-refractivity contribution in [2.45, 2.75) is 51.0 Å². The van der Waals surface area contributed by atoms with Gasteiger partial charge >= 0.3 is 0 Å². The Morgan fingerprint density at radius 2 is 1.72 bits per heavy atom. The summed E-state index contributed by atoms with van der Waals surface area (Å²) in [7, 11) is 0. The molecule has 0 radical (unpaired) electrons. The minimum Gasteiger partial charge on any atom is -0.492 e. The summed E-state index contributed by atoms with van der Waals surface area (Å²) < 4.78 is 27.1. The highest BCUT2D eigenvalue weighted by Crippen LogP contribution is 2.36. The third kappa shape index (κ3) is 5.95. The Hall–Kier alpha value is -4.76. The van der Waals surface area contributed by atoms with Crippen molar-refractivity contribution in [1.82, 2.24) is 30.0 Å². The summed E-state index contributed by atoms with van der Waals surface area (Å²) >= 11 is 0. The summed E-state index contributed by atoms with van der Waals surface area (Å²) in [4.78, 5) is 15.4. The predicted octanol–water partition coefficient (Wildman–Crippen LogP) is 8.16. The number of nitrogens with zero attached hydrogens (tertiary/aromatic N) is 4. The maximum atomic E-state index is 14.8. The minimum atomic E-state index is -0.320. The lowest BCUT2D eigenvalue weighted by atomic mass is 9.98. The molecule has 0 bridgehead atoms. The largest absolute Gasteiger partial charge is 0.492 e. The maximum Gasteiger partial charge on any atom is 0.138 e. The topological polar surface area (TPSA) is 92.0 Å². The lowest BCUT2D eigenvalue weighted by Gasteiger charge is -2.22. The van der Waals surface area contributed by atoms with Gasteiger partial charge < -0.3 is 14.5 Å². The molecule has 234 valence electrons. The standard InChI is InChI=1S/C37H37FN6O2/c38-26-17-24(18-28(20-26)45-16-15-44-13-4-5-14-44)30-9-6-10-33-31(30)21-35(40-33)37-36-34(42-43-37)12-11-32(41-36)25-19-29(23-39-22-25)46-27-7-2-1-3-8-27/h6,9-12,17-23,27,40H,1-5,7-8,13-16H2,(H,42,43). The van der Waals surface area contributed by atoms with Gasteiger partial charge in [-0.1, -0.05) is 18.6 Å². The Morgan fingerprint density at radius 3 is 2.61 bits per heavy atom. The molecule has 2 fully saturated rings. The van der Waals surface area contributed by atoms with E-state index in [1.807, 2.05) is 48.7 Å². The lowest BCUT2D eigenvalue weighted by Crippen LogP contribution is -2.25. The molecule has 5 heterocycles. The van der Waals surface area contributed by atoms with Gasteiger partial charge in [0.25, 0.3) is 0 Å². The zero-order chi connectivity index (χ0) is 30.9. The molecular formula is C37H37FN6O2. The fraction of sp³-hybridized carbons (Fsp3) is 0.324. The molecule has 2 aromatic carbocycles. The molecule has 8 nitrogen and oxygen atoms in total. The molecule has 1 saturated heterocycles. The third-order valence-corrected chi connectivity index (χ3v) is 9.25. The van der Waals surface area contributed by atoms with Crippen LogP contribution in [0.25, 0.3) is 55.7 Å². The molecule has 1 saturated carbocycles. The normalized spacial score (nSPS) is 16.0. The average Bonchev–Trinajstić information content (AvgIpc) is 3.85. The Bertz CT molecular complexity index is 1990. The number of likely N-dealkylation sites (tertiary alicyclic amines) is 1. The Kier molecular flexibility index (Phi) is 7.83. The van der Waals surface area contributed by atoms with E-state index in [0.29, 0.717) is 18.1 Å². The molecule has 2 aliphatic rings. The highest BCUT2D eigenvalue weighted by Gasteiger charge is 2.18. The van der Waals surface area contributed by atoms with Crippen molar-refractivity contribution in [3.05, 3.63) is 78.9 Å². The van der Waals surface area contributed by atoms with Gasteiger partial charge in [0.1, 0.15) is 35.1 Å². The van der Waals surface area contributed by atoms with Gasteiger partial charge in [0, 0.05) is 35.3 Å². The molecule has 0 spiro atoms. The number of hydrogen-bond acceptors (Lipinski definition) is 6. The Morgan fingerprint density at radius 1 is 0.848 bits per heavy atom. The van der Waals surface area contributed by atoms with Crippen LogP contribution in [0.3, 0.4) is 0 Å². The first-order valence-electron chi connectivity index (χ1n) is 16.4. The lowest BCUT2D eigenvalue weighted by molar-refractivity contribution is 0.154. The third-order valence-electron chi connectivity index (χ3n) is 9.25. The molecule has 4 aromatic heterocycles. The fourth-order valence-electron chi connectivity index (χ4n) is 6.88. The van der Waals surface area contributed by atoms with E-state index in [2.05, 4.69) is 31.1 Å². The first-order valence-corrected chi connectivity index (χ1v) is 16.4. The molecule has 8 rings (SSSR count). The van der Waals surface area contributed by atoms with Crippen LogP contribution in [-0.4, -0.2) is 62.4 Å². The number of aromatic nitrogens is 5. The van der Waals surface area contributed by atoms with Crippen molar-refractivity contribution in [3.63, 3.8) is 0 Å². The molecule has 2 N–H and O–H groups in total. The molecule has 0 amide bonds. The van der Waals surface area contributed by atoms with Crippen LogP contribution in [0, 0.1) is 5.82 Å². The van der Waals surface area contributed by atoms with Crippen LogP contribution >= 0.6 is 0 Å². The van der Waals surface area contributed by atoms with Crippen LogP contribution < -0.4 is 9.47 Å². The van der Waals surface area contributed by atoms with Crippen LogP contribution in [0.4, 0.5) is 4.39 Å². The van der Waals surface area contributed by atoms with Crippen molar-refractivity contribution >= 4 is 21.9 Å². The van der Waals surface area contributed by atoms with Crippen LogP contribution in [0.15, 0.2) is 73.1 Å². The van der Waals surface area contributed by atoms with Gasteiger partial charge in [-0.25, -0.2) is 9.37 Å². The van der Waals surface area contributed by atoms with Gasteiger partial charge in [0.2, 0.25) is 0 Å². The number of ether oxygens (including phenoxy) is 2. The van der Waals surface area contributed by atoms with Crippen molar-refractivity contribution < 1.29 is 13.9 Å². The molecule has 1 aliphatic heterocycles. The highest BCUT2D eigenvalue weighted by atomic mass is 19.1. The second kappa shape index (κ2) is 12.6.